The molecule has 5 rings (SSSR count). The van der Waals surface area contributed by atoms with E-state index in [0.717, 1.165) is 6.26 Å². The van der Waals surface area contributed by atoms with E-state index < -0.39 is 32.9 Å². The second kappa shape index (κ2) is 13.9. The molecule has 3 unspecified atom stereocenters. The van der Waals surface area contributed by atoms with Gasteiger partial charge in [0.05, 0.1) is 12.4 Å². The summed E-state index contributed by atoms with van der Waals surface area (Å²) in [5, 5.41) is 4.47. The molecule has 0 bridgehead atoms. The van der Waals surface area contributed by atoms with Crippen LogP contribution in [-0.2, 0) is 23.2 Å². The van der Waals surface area contributed by atoms with Gasteiger partial charge >= 0.3 is 0 Å². The Hall–Kier alpha value is -2.86. The second-order valence-electron chi connectivity index (χ2n) is 14.9. The smallest absolute Gasteiger partial charge is 0.264 e. The van der Waals surface area contributed by atoms with Gasteiger partial charge in [0, 0.05) is 19.1 Å². The summed E-state index contributed by atoms with van der Waals surface area (Å²) in [5.74, 6) is -0.0776. The van der Waals surface area contributed by atoms with E-state index in [1.165, 1.54) is 20.7 Å². The lowest BCUT2D eigenvalue weighted by atomic mass is 9.72. The van der Waals surface area contributed by atoms with Gasteiger partial charge in [0.15, 0.2) is 0 Å². The Labute approximate surface area is 284 Å². The normalized spacial score (nSPS) is 19.3. The van der Waals surface area contributed by atoms with Crippen LogP contribution in [0.5, 0.6) is 0 Å². The number of rotatable bonds is 12. The van der Waals surface area contributed by atoms with Crippen LogP contribution in [0.25, 0.3) is 0 Å². The van der Waals surface area contributed by atoms with Crippen molar-refractivity contribution in [1.82, 2.24) is 0 Å². The Kier molecular flexibility index (Phi) is 10.5. The highest BCUT2D eigenvalue weighted by Crippen LogP contribution is 2.44. The average Bonchev–Trinajstić information content (AvgIpc) is 3.02. The molecular weight excluding hydrogens is 637 g/mol. The van der Waals surface area contributed by atoms with Crippen molar-refractivity contribution in [1.29, 1.82) is 0 Å². The molecule has 0 saturated heterocycles. The van der Waals surface area contributed by atoms with E-state index in [-0.39, 0.29) is 21.9 Å². The van der Waals surface area contributed by atoms with Crippen molar-refractivity contribution in [2.75, 3.05) is 19.5 Å². The Morgan fingerprint density at radius 2 is 0.894 bits per heavy atom. The summed E-state index contributed by atoms with van der Waals surface area (Å²) in [6.07, 6.45) is 1.27. The third-order valence-corrected chi connectivity index (χ3v) is 20.4. The third-order valence-electron chi connectivity index (χ3n) is 9.76. The topological polar surface area (TPSA) is 61.8 Å². The molecule has 47 heavy (non-hydrogen) atoms. The molecule has 250 valence electrons. The predicted octanol–water partition coefficient (Wildman–Crippen LogP) is 6.12. The van der Waals surface area contributed by atoms with Crippen LogP contribution >= 0.6 is 0 Å². The van der Waals surface area contributed by atoms with Gasteiger partial charge in [-0.25, -0.2) is 0 Å². The summed E-state index contributed by atoms with van der Waals surface area (Å²) in [6.45, 7) is 14.5. The van der Waals surface area contributed by atoms with Crippen LogP contribution in [0.4, 0.5) is 0 Å². The second-order valence-corrected chi connectivity index (χ2v) is 25.2. The number of benzene rings is 4. The van der Waals surface area contributed by atoms with Gasteiger partial charge in [-0.05, 0) is 43.2 Å². The fourth-order valence-electron chi connectivity index (χ4n) is 7.50. The summed E-state index contributed by atoms with van der Waals surface area (Å²) in [7, 11) is -9.28. The zero-order valence-electron chi connectivity index (χ0n) is 28.8. The lowest BCUT2D eigenvalue weighted by molar-refractivity contribution is -0.0541. The molecule has 0 aromatic heterocycles. The lowest BCUT2D eigenvalue weighted by Crippen LogP contribution is -2.68. The fraction of sp³-hybridized carbons (Fsp3) is 0.385. The SMILES string of the molecule is CC(C)(C)[Si](OCC1CC(OS(C)(=O)=O)C1CO[Si](c1ccccc1)(c1ccccc1)C(C)(C)C)(c1ccccc1)c1ccccc1. The van der Waals surface area contributed by atoms with Crippen molar-refractivity contribution in [3.63, 3.8) is 0 Å². The lowest BCUT2D eigenvalue weighted by Gasteiger charge is -2.50. The van der Waals surface area contributed by atoms with Gasteiger partial charge in [-0.2, -0.15) is 8.42 Å². The summed E-state index contributed by atoms with van der Waals surface area (Å²) >= 11 is 0. The van der Waals surface area contributed by atoms with Gasteiger partial charge in [-0.3, -0.25) is 4.18 Å². The van der Waals surface area contributed by atoms with E-state index in [1.807, 2.05) is 24.3 Å². The monoisotopic (exact) mass is 686 g/mol. The van der Waals surface area contributed by atoms with E-state index in [4.69, 9.17) is 13.0 Å². The Morgan fingerprint density at radius 1 is 0.574 bits per heavy atom. The highest BCUT2D eigenvalue weighted by Gasteiger charge is 2.54. The average molecular weight is 687 g/mol. The molecule has 0 N–H and O–H groups in total. The molecule has 0 aliphatic heterocycles. The minimum absolute atomic E-state index is 0.0709. The third kappa shape index (κ3) is 7.28. The molecule has 3 atom stereocenters. The Bertz CT molecular complexity index is 1610. The van der Waals surface area contributed by atoms with Crippen molar-refractivity contribution >= 4 is 47.5 Å². The maximum Gasteiger partial charge on any atom is 0.264 e. The number of hydrogen-bond acceptors (Lipinski definition) is 5. The molecule has 0 heterocycles. The molecule has 1 fully saturated rings. The highest BCUT2D eigenvalue weighted by atomic mass is 32.2. The van der Waals surface area contributed by atoms with Crippen molar-refractivity contribution in [3.05, 3.63) is 121 Å². The van der Waals surface area contributed by atoms with Crippen LogP contribution in [0.2, 0.25) is 10.1 Å². The first-order chi connectivity index (χ1) is 22.2. The molecule has 0 radical (unpaired) electrons. The molecule has 1 aliphatic carbocycles. The maximum atomic E-state index is 12.4. The summed E-state index contributed by atoms with van der Waals surface area (Å²) in [6, 6.07) is 42.4. The van der Waals surface area contributed by atoms with E-state index in [0.29, 0.717) is 19.6 Å². The van der Waals surface area contributed by atoms with Crippen LogP contribution < -0.4 is 20.7 Å². The van der Waals surface area contributed by atoms with Crippen molar-refractivity contribution in [2.24, 2.45) is 11.8 Å². The zero-order valence-corrected chi connectivity index (χ0v) is 31.7. The van der Waals surface area contributed by atoms with Gasteiger partial charge in [0.25, 0.3) is 26.8 Å². The molecule has 4 aromatic rings. The molecule has 4 aromatic carbocycles. The summed E-state index contributed by atoms with van der Waals surface area (Å²) in [5.41, 5.74) is 0. The van der Waals surface area contributed by atoms with Crippen LogP contribution in [-0.4, -0.2) is 50.6 Å². The first-order valence-corrected chi connectivity index (χ1v) is 22.2. The molecule has 0 spiro atoms. The van der Waals surface area contributed by atoms with Crippen LogP contribution in [0, 0.1) is 11.8 Å². The first kappa shape index (κ1) is 35.5. The highest BCUT2D eigenvalue weighted by molar-refractivity contribution is 7.86. The zero-order chi connectivity index (χ0) is 33.9. The van der Waals surface area contributed by atoms with Gasteiger partial charge < -0.3 is 8.85 Å². The Morgan fingerprint density at radius 3 is 1.19 bits per heavy atom. The van der Waals surface area contributed by atoms with Crippen LogP contribution in [0.3, 0.4) is 0 Å². The summed E-state index contributed by atoms with van der Waals surface area (Å²) < 4.78 is 45.2. The van der Waals surface area contributed by atoms with E-state index in [9.17, 15) is 8.42 Å². The van der Waals surface area contributed by atoms with Gasteiger partial charge in [-0.1, -0.05) is 163 Å². The van der Waals surface area contributed by atoms with Gasteiger partial charge in [0.2, 0.25) is 0 Å². The maximum absolute atomic E-state index is 12.4. The Balaban J connectivity index is 1.52. The standard InChI is InChI=1S/C39H50O5SSi2/c1-38(2,3)46(32-20-12-8-13-21-32,33-22-14-9-15-23-33)42-29-31-28-37(44-45(7,40)41)36(31)30-43-47(39(4,5)6,34-24-16-10-17-25-34)35-26-18-11-19-27-35/h8-27,31,36-37H,28-30H2,1-7H3. The molecule has 1 saturated carbocycles. The minimum atomic E-state index is -3.66. The van der Waals surface area contributed by atoms with Crippen molar-refractivity contribution in [3.8, 4) is 0 Å². The molecule has 1 aliphatic rings. The van der Waals surface area contributed by atoms with Crippen LogP contribution in [0.1, 0.15) is 48.0 Å². The largest absolute Gasteiger partial charge is 0.407 e. The minimum Gasteiger partial charge on any atom is -0.407 e. The fourth-order valence-corrected chi connectivity index (χ4v) is 17.4. The van der Waals surface area contributed by atoms with Gasteiger partial charge in [-0.15, -0.1) is 0 Å². The van der Waals surface area contributed by atoms with Gasteiger partial charge in [0.1, 0.15) is 0 Å². The molecule has 5 nitrogen and oxygen atoms in total. The van der Waals surface area contributed by atoms with E-state index >= 15 is 0 Å². The first-order valence-electron chi connectivity index (χ1n) is 16.6. The molecule has 0 amide bonds. The van der Waals surface area contributed by atoms with E-state index in [1.54, 1.807) is 0 Å². The van der Waals surface area contributed by atoms with Crippen LogP contribution in [0.15, 0.2) is 121 Å². The number of hydrogen-bond donors (Lipinski definition) is 0. The van der Waals surface area contributed by atoms with Crippen molar-refractivity contribution in [2.45, 2.75) is 64.1 Å². The predicted molar refractivity (Wildman–Crippen MR) is 198 cm³/mol. The van der Waals surface area contributed by atoms with Crippen molar-refractivity contribution < 1.29 is 21.5 Å². The van der Waals surface area contributed by atoms with E-state index in [2.05, 4.69) is 139 Å². The molecular formula is C39H50O5SSi2. The molecule has 8 heteroatoms. The summed E-state index contributed by atoms with van der Waals surface area (Å²) in [4.78, 5) is 0. The quantitative estimate of drug-likeness (QED) is 0.133.